The van der Waals surface area contributed by atoms with Gasteiger partial charge in [-0.15, -0.1) is 0 Å². The summed E-state index contributed by atoms with van der Waals surface area (Å²) in [7, 11) is 0. The van der Waals surface area contributed by atoms with Gasteiger partial charge in [-0.25, -0.2) is 0 Å². The Bertz CT molecular complexity index is 549. The first kappa shape index (κ1) is 21.2. The molecule has 1 aromatic rings. The summed E-state index contributed by atoms with van der Waals surface area (Å²) in [4.78, 5) is 5.06. The maximum Gasteiger partial charge on any atom is 0.156 e. The summed E-state index contributed by atoms with van der Waals surface area (Å²) in [5.74, 6) is 0.924. The van der Waals surface area contributed by atoms with Gasteiger partial charge in [0, 0.05) is 18.3 Å². The molecule has 8 heteroatoms. The highest BCUT2D eigenvalue weighted by atomic mass is 35.5. The van der Waals surface area contributed by atoms with E-state index in [-0.39, 0.29) is 17.2 Å². The second-order valence-electron chi connectivity index (χ2n) is 4.95. The van der Waals surface area contributed by atoms with E-state index < -0.39 is 0 Å². The van der Waals surface area contributed by atoms with Crippen molar-refractivity contribution in [1.29, 1.82) is 0 Å². The molecule has 24 heavy (non-hydrogen) atoms. The Morgan fingerprint density at radius 3 is 2.42 bits per heavy atom. The SMILES string of the molecule is CC(C)ON=CCCCOc1c(Cl)cc(OCC=C(Cl)Cl)cc1Cl. The van der Waals surface area contributed by atoms with Gasteiger partial charge in [0.15, 0.2) is 5.75 Å². The van der Waals surface area contributed by atoms with Crippen LogP contribution in [0.3, 0.4) is 0 Å². The van der Waals surface area contributed by atoms with Crippen LogP contribution in [-0.4, -0.2) is 25.5 Å². The molecule has 0 atom stereocenters. The second kappa shape index (κ2) is 11.7. The molecule has 1 aromatic carbocycles. The predicted octanol–water partition coefficient (Wildman–Crippen LogP) is 6.26. The Morgan fingerprint density at radius 1 is 1.17 bits per heavy atom. The highest BCUT2D eigenvalue weighted by molar-refractivity contribution is 6.55. The van der Waals surface area contributed by atoms with E-state index in [1.165, 1.54) is 6.08 Å². The minimum atomic E-state index is 0.0757. The Labute approximate surface area is 162 Å². The first-order valence-corrected chi connectivity index (χ1v) is 8.84. The fraction of sp³-hybridized carbons (Fsp3) is 0.438. The normalized spacial score (nSPS) is 11.0. The third kappa shape index (κ3) is 8.88. The Morgan fingerprint density at radius 2 is 1.83 bits per heavy atom. The Kier molecular flexibility index (Phi) is 10.3. The zero-order valence-corrected chi connectivity index (χ0v) is 16.4. The summed E-state index contributed by atoms with van der Waals surface area (Å²) in [6, 6.07) is 3.24. The van der Waals surface area contributed by atoms with Gasteiger partial charge in [-0.05, 0) is 32.8 Å². The van der Waals surface area contributed by atoms with Crippen LogP contribution in [0.25, 0.3) is 0 Å². The van der Waals surface area contributed by atoms with Crippen molar-refractivity contribution in [2.75, 3.05) is 13.2 Å². The third-order valence-corrected chi connectivity index (χ3v) is 3.40. The number of hydrogen-bond donors (Lipinski definition) is 0. The van der Waals surface area contributed by atoms with Crippen LogP contribution in [0.2, 0.25) is 10.0 Å². The number of halogens is 4. The van der Waals surface area contributed by atoms with Crippen LogP contribution < -0.4 is 9.47 Å². The molecule has 134 valence electrons. The van der Waals surface area contributed by atoms with E-state index in [0.717, 1.165) is 12.8 Å². The van der Waals surface area contributed by atoms with Gasteiger partial charge in [0.1, 0.15) is 23.0 Å². The third-order valence-electron chi connectivity index (χ3n) is 2.53. The molecular formula is C16H19Cl4NO3. The lowest BCUT2D eigenvalue weighted by Gasteiger charge is -2.11. The molecule has 0 aliphatic carbocycles. The molecule has 1 rings (SSSR count). The lowest BCUT2D eigenvalue weighted by molar-refractivity contribution is 0.0867. The van der Waals surface area contributed by atoms with Gasteiger partial charge < -0.3 is 14.3 Å². The molecule has 0 aromatic heterocycles. The van der Waals surface area contributed by atoms with Crippen LogP contribution >= 0.6 is 46.4 Å². The number of oxime groups is 1. The molecule has 0 N–H and O–H groups in total. The maximum atomic E-state index is 6.17. The molecule has 0 aliphatic rings. The minimum absolute atomic E-state index is 0.0757. The summed E-state index contributed by atoms with van der Waals surface area (Å²) in [5, 5.41) is 4.57. The predicted molar refractivity (Wildman–Crippen MR) is 101 cm³/mol. The van der Waals surface area contributed by atoms with Crippen molar-refractivity contribution in [3.8, 4) is 11.5 Å². The van der Waals surface area contributed by atoms with Crippen molar-refractivity contribution in [3.63, 3.8) is 0 Å². The number of rotatable bonds is 10. The van der Waals surface area contributed by atoms with Crippen molar-refractivity contribution >= 4 is 52.6 Å². The molecule has 0 heterocycles. The van der Waals surface area contributed by atoms with Crippen molar-refractivity contribution in [1.82, 2.24) is 0 Å². The van der Waals surface area contributed by atoms with Crippen molar-refractivity contribution in [3.05, 3.63) is 32.7 Å². The van der Waals surface area contributed by atoms with Gasteiger partial charge in [-0.1, -0.05) is 51.6 Å². The van der Waals surface area contributed by atoms with Crippen molar-refractivity contribution in [2.45, 2.75) is 32.8 Å². The zero-order chi connectivity index (χ0) is 17.9. The fourth-order valence-electron chi connectivity index (χ4n) is 1.53. The monoisotopic (exact) mass is 413 g/mol. The number of benzene rings is 1. The molecule has 0 saturated carbocycles. The number of ether oxygens (including phenoxy) is 2. The molecule has 0 fully saturated rings. The van der Waals surface area contributed by atoms with Crippen molar-refractivity contribution < 1.29 is 14.3 Å². The van der Waals surface area contributed by atoms with Gasteiger partial charge in [0.05, 0.1) is 16.7 Å². The number of nitrogens with zero attached hydrogens (tertiary/aromatic N) is 1. The second-order valence-corrected chi connectivity index (χ2v) is 6.78. The molecule has 0 radical (unpaired) electrons. The molecule has 0 unspecified atom stereocenters. The summed E-state index contributed by atoms with van der Waals surface area (Å²) >= 11 is 23.4. The van der Waals surface area contributed by atoms with Gasteiger partial charge in [0.25, 0.3) is 0 Å². The molecular weight excluding hydrogens is 396 g/mol. The van der Waals surface area contributed by atoms with Crippen LogP contribution in [-0.2, 0) is 4.84 Å². The van der Waals surface area contributed by atoms with E-state index in [1.54, 1.807) is 18.3 Å². The lowest BCUT2D eigenvalue weighted by atomic mass is 10.3. The largest absolute Gasteiger partial charge is 0.490 e. The van der Waals surface area contributed by atoms with E-state index >= 15 is 0 Å². The smallest absolute Gasteiger partial charge is 0.156 e. The van der Waals surface area contributed by atoms with Gasteiger partial charge in [-0.3, -0.25) is 0 Å². The van der Waals surface area contributed by atoms with Gasteiger partial charge in [0.2, 0.25) is 0 Å². The highest BCUT2D eigenvalue weighted by Crippen LogP contribution is 2.37. The van der Waals surface area contributed by atoms with Gasteiger partial charge in [-0.2, -0.15) is 0 Å². The first-order valence-electron chi connectivity index (χ1n) is 7.33. The van der Waals surface area contributed by atoms with E-state index in [0.29, 0.717) is 28.2 Å². The average molecular weight is 415 g/mol. The van der Waals surface area contributed by atoms with Crippen LogP contribution in [0.15, 0.2) is 27.9 Å². The maximum absolute atomic E-state index is 6.17. The summed E-state index contributed by atoms with van der Waals surface area (Å²) in [5.41, 5.74) is 0. The summed E-state index contributed by atoms with van der Waals surface area (Å²) in [6.45, 7) is 4.50. The van der Waals surface area contributed by atoms with E-state index in [9.17, 15) is 0 Å². The molecule has 0 bridgehead atoms. The first-order chi connectivity index (χ1) is 11.4. The number of hydrogen-bond acceptors (Lipinski definition) is 4. The van der Waals surface area contributed by atoms with Gasteiger partial charge >= 0.3 is 0 Å². The minimum Gasteiger partial charge on any atom is -0.490 e. The van der Waals surface area contributed by atoms with E-state index in [2.05, 4.69) is 5.16 Å². The zero-order valence-electron chi connectivity index (χ0n) is 13.4. The molecule has 0 amide bonds. The standard InChI is InChI=1S/C16H19Cl4NO3/c1-11(2)24-21-6-3-4-7-23-16-13(17)9-12(10-14(16)18)22-8-5-15(19)20/h5-6,9-11H,3-4,7-8H2,1-2H3. The topological polar surface area (TPSA) is 40.0 Å². The quantitative estimate of drug-likeness (QED) is 0.257. The number of unbranched alkanes of at least 4 members (excludes halogenated alkanes) is 1. The van der Waals surface area contributed by atoms with Crippen molar-refractivity contribution in [2.24, 2.45) is 5.16 Å². The molecule has 0 saturated heterocycles. The Hall–Kier alpha value is -0.810. The average Bonchev–Trinajstić information content (AvgIpc) is 2.47. The lowest BCUT2D eigenvalue weighted by Crippen LogP contribution is -2.01. The molecule has 0 spiro atoms. The summed E-state index contributed by atoms with van der Waals surface area (Å²) < 4.78 is 11.2. The van der Waals surface area contributed by atoms with E-state index in [1.807, 2.05) is 13.8 Å². The molecule has 0 aliphatic heterocycles. The fourth-order valence-corrected chi connectivity index (χ4v) is 2.23. The van der Waals surface area contributed by atoms with Crippen LogP contribution in [0.5, 0.6) is 11.5 Å². The van der Waals surface area contributed by atoms with E-state index in [4.69, 9.17) is 60.7 Å². The van der Waals surface area contributed by atoms with Crippen LogP contribution in [0.4, 0.5) is 0 Å². The van der Waals surface area contributed by atoms with Crippen LogP contribution in [0.1, 0.15) is 26.7 Å². The highest BCUT2D eigenvalue weighted by Gasteiger charge is 2.10. The Balaban J connectivity index is 2.45. The summed E-state index contributed by atoms with van der Waals surface area (Å²) in [6.07, 6.45) is 4.79. The molecule has 4 nitrogen and oxygen atoms in total. The van der Waals surface area contributed by atoms with Crippen LogP contribution in [0, 0.1) is 0 Å².